The molecule has 94 valence electrons. The largest absolute Gasteiger partial charge is 0.478 e. The average Bonchev–Trinajstić information content (AvgIpc) is 2.38. The second-order valence-electron chi connectivity index (χ2n) is 4.00. The minimum absolute atomic E-state index is 0.276. The molecule has 0 radical (unpaired) electrons. The minimum Gasteiger partial charge on any atom is -0.478 e. The molecular formula is C14H11N3O2. The van der Waals surface area contributed by atoms with Crippen LogP contribution in [0.1, 0.15) is 21.6 Å². The van der Waals surface area contributed by atoms with Crippen LogP contribution < -0.4 is 5.32 Å². The molecule has 0 saturated carbocycles. The van der Waals surface area contributed by atoms with Gasteiger partial charge in [0.25, 0.3) is 0 Å². The van der Waals surface area contributed by atoms with Gasteiger partial charge in [-0.15, -0.1) is 0 Å². The molecule has 0 aliphatic heterocycles. The van der Waals surface area contributed by atoms with E-state index in [0.29, 0.717) is 11.3 Å². The lowest BCUT2D eigenvalue weighted by Gasteiger charge is -2.08. The third-order valence-corrected chi connectivity index (χ3v) is 2.62. The normalized spacial score (nSPS) is 9.68. The van der Waals surface area contributed by atoms with E-state index in [1.54, 1.807) is 43.5 Å². The van der Waals surface area contributed by atoms with E-state index in [1.165, 1.54) is 0 Å². The maximum Gasteiger partial charge on any atom is 0.335 e. The topological polar surface area (TPSA) is 86.0 Å². The first-order valence-electron chi connectivity index (χ1n) is 5.57. The number of nitrogens with zero attached hydrogens (tertiary/aromatic N) is 2. The number of rotatable bonds is 3. The van der Waals surface area contributed by atoms with E-state index in [9.17, 15) is 4.79 Å². The average molecular weight is 253 g/mol. The van der Waals surface area contributed by atoms with Gasteiger partial charge in [0.05, 0.1) is 5.56 Å². The van der Waals surface area contributed by atoms with Gasteiger partial charge in [-0.3, -0.25) is 0 Å². The highest BCUT2D eigenvalue weighted by Crippen LogP contribution is 2.20. The predicted octanol–water partition coefficient (Wildman–Crippen LogP) is 2.70. The van der Waals surface area contributed by atoms with Gasteiger partial charge in [-0.05, 0) is 42.8 Å². The molecule has 5 nitrogen and oxygen atoms in total. The Morgan fingerprint density at radius 1 is 1.32 bits per heavy atom. The molecule has 0 saturated heterocycles. The summed E-state index contributed by atoms with van der Waals surface area (Å²) < 4.78 is 0. The highest BCUT2D eigenvalue weighted by molar-refractivity contribution is 5.90. The first kappa shape index (κ1) is 12.6. The number of nitrogens with one attached hydrogen (secondary N) is 1. The van der Waals surface area contributed by atoms with Crippen molar-refractivity contribution in [1.29, 1.82) is 5.26 Å². The van der Waals surface area contributed by atoms with Crippen molar-refractivity contribution < 1.29 is 9.90 Å². The zero-order valence-corrected chi connectivity index (χ0v) is 10.2. The molecule has 1 aromatic carbocycles. The quantitative estimate of drug-likeness (QED) is 0.878. The van der Waals surface area contributed by atoms with E-state index in [2.05, 4.69) is 10.3 Å². The molecule has 1 aromatic heterocycles. The fourth-order valence-electron chi connectivity index (χ4n) is 1.72. The van der Waals surface area contributed by atoms with Crippen LogP contribution in [0.25, 0.3) is 0 Å². The standard InChI is InChI=1S/C14H11N3O2/c1-9-6-10(2-3-13(9)14(18)19)17-11-4-5-16-12(7-11)8-15/h2-7H,1H3,(H,16,17)(H,18,19). The molecule has 0 aliphatic carbocycles. The van der Waals surface area contributed by atoms with Gasteiger partial charge in [-0.25, -0.2) is 9.78 Å². The van der Waals surface area contributed by atoms with E-state index >= 15 is 0 Å². The number of carboxylic acid groups (broad SMARTS) is 1. The molecule has 2 N–H and O–H groups in total. The molecule has 2 rings (SSSR count). The van der Waals surface area contributed by atoms with Crippen LogP contribution >= 0.6 is 0 Å². The van der Waals surface area contributed by atoms with Crippen LogP contribution in [0.2, 0.25) is 0 Å². The van der Waals surface area contributed by atoms with Crippen molar-refractivity contribution in [3.05, 3.63) is 53.3 Å². The number of aromatic carboxylic acids is 1. The molecule has 19 heavy (non-hydrogen) atoms. The molecule has 2 aromatic rings. The number of nitriles is 1. The summed E-state index contributed by atoms with van der Waals surface area (Å²) in [5.74, 6) is -0.945. The monoisotopic (exact) mass is 253 g/mol. The maximum atomic E-state index is 10.9. The van der Waals surface area contributed by atoms with Crippen LogP contribution in [0.15, 0.2) is 36.5 Å². The van der Waals surface area contributed by atoms with Crippen molar-refractivity contribution in [3.8, 4) is 6.07 Å². The lowest BCUT2D eigenvalue weighted by molar-refractivity contribution is 0.0696. The Labute approximate surface area is 110 Å². The van der Waals surface area contributed by atoms with Crippen LogP contribution in [0.3, 0.4) is 0 Å². The summed E-state index contributed by atoms with van der Waals surface area (Å²) in [5, 5.41) is 20.8. The first-order chi connectivity index (χ1) is 9.10. The summed E-state index contributed by atoms with van der Waals surface area (Å²) in [7, 11) is 0. The van der Waals surface area contributed by atoms with Gasteiger partial charge < -0.3 is 10.4 Å². The van der Waals surface area contributed by atoms with Crippen LogP contribution in [-0.2, 0) is 0 Å². The van der Waals surface area contributed by atoms with Crippen molar-refractivity contribution in [2.45, 2.75) is 6.92 Å². The smallest absolute Gasteiger partial charge is 0.335 e. The van der Waals surface area contributed by atoms with Crippen LogP contribution in [0.5, 0.6) is 0 Å². The second-order valence-corrected chi connectivity index (χ2v) is 4.00. The van der Waals surface area contributed by atoms with Crippen molar-refractivity contribution in [2.75, 3.05) is 5.32 Å². The molecule has 0 aliphatic rings. The van der Waals surface area contributed by atoms with Crippen molar-refractivity contribution in [3.63, 3.8) is 0 Å². The fourth-order valence-corrected chi connectivity index (χ4v) is 1.72. The predicted molar refractivity (Wildman–Crippen MR) is 70.4 cm³/mol. The van der Waals surface area contributed by atoms with Crippen molar-refractivity contribution in [1.82, 2.24) is 4.98 Å². The Balaban J connectivity index is 2.26. The maximum absolute atomic E-state index is 10.9. The first-order valence-corrected chi connectivity index (χ1v) is 5.57. The van der Waals surface area contributed by atoms with Crippen LogP contribution in [0.4, 0.5) is 11.4 Å². The number of pyridine rings is 1. The van der Waals surface area contributed by atoms with Crippen LogP contribution in [-0.4, -0.2) is 16.1 Å². The summed E-state index contributed by atoms with van der Waals surface area (Å²) in [4.78, 5) is 14.8. The Morgan fingerprint density at radius 2 is 2.05 bits per heavy atom. The lowest BCUT2D eigenvalue weighted by Crippen LogP contribution is -2.00. The Kier molecular flexibility index (Phi) is 3.44. The molecular weight excluding hydrogens is 242 g/mol. The highest BCUT2D eigenvalue weighted by atomic mass is 16.4. The second kappa shape index (κ2) is 5.19. The molecule has 1 heterocycles. The molecule has 0 spiro atoms. The number of benzene rings is 1. The van der Waals surface area contributed by atoms with E-state index < -0.39 is 5.97 Å². The molecule has 0 bridgehead atoms. The molecule has 5 heteroatoms. The highest BCUT2D eigenvalue weighted by Gasteiger charge is 2.07. The van der Waals surface area contributed by atoms with Gasteiger partial charge in [-0.2, -0.15) is 5.26 Å². The Morgan fingerprint density at radius 3 is 2.68 bits per heavy atom. The third kappa shape index (κ3) is 2.87. The lowest BCUT2D eigenvalue weighted by atomic mass is 10.1. The SMILES string of the molecule is Cc1cc(Nc2ccnc(C#N)c2)ccc1C(=O)O. The van der Waals surface area contributed by atoms with Gasteiger partial charge in [0, 0.05) is 17.6 Å². The van der Waals surface area contributed by atoms with Gasteiger partial charge in [-0.1, -0.05) is 0 Å². The van der Waals surface area contributed by atoms with Gasteiger partial charge >= 0.3 is 5.97 Å². The third-order valence-electron chi connectivity index (χ3n) is 2.62. The zero-order valence-electron chi connectivity index (χ0n) is 10.2. The number of carboxylic acids is 1. The van der Waals surface area contributed by atoms with E-state index in [0.717, 1.165) is 11.4 Å². The zero-order chi connectivity index (χ0) is 13.8. The molecule has 0 fully saturated rings. The summed E-state index contributed by atoms with van der Waals surface area (Å²) in [6, 6.07) is 10.3. The Bertz CT molecular complexity index is 675. The summed E-state index contributed by atoms with van der Waals surface area (Å²) in [6.45, 7) is 1.74. The summed E-state index contributed by atoms with van der Waals surface area (Å²) in [5.41, 5.74) is 2.76. The van der Waals surface area contributed by atoms with Crippen molar-refractivity contribution >= 4 is 17.3 Å². The van der Waals surface area contributed by atoms with Crippen molar-refractivity contribution in [2.24, 2.45) is 0 Å². The summed E-state index contributed by atoms with van der Waals surface area (Å²) >= 11 is 0. The number of hydrogen-bond acceptors (Lipinski definition) is 4. The number of aryl methyl sites for hydroxylation is 1. The minimum atomic E-state index is -0.945. The fraction of sp³-hybridized carbons (Fsp3) is 0.0714. The molecule has 0 amide bonds. The van der Waals surface area contributed by atoms with E-state index in [4.69, 9.17) is 10.4 Å². The number of anilines is 2. The Hall–Kier alpha value is -2.87. The van der Waals surface area contributed by atoms with Gasteiger partial charge in [0.1, 0.15) is 11.8 Å². The molecule has 0 unspecified atom stereocenters. The number of hydrogen-bond donors (Lipinski definition) is 2. The van der Waals surface area contributed by atoms with Crippen LogP contribution in [0, 0.1) is 18.3 Å². The van der Waals surface area contributed by atoms with E-state index in [1.807, 2.05) is 6.07 Å². The number of carbonyl (C=O) groups is 1. The summed E-state index contributed by atoms with van der Waals surface area (Å²) in [6.07, 6.45) is 1.54. The van der Waals surface area contributed by atoms with Gasteiger partial charge in [0.15, 0.2) is 0 Å². The van der Waals surface area contributed by atoms with E-state index in [-0.39, 0.29) is 5.56 Å². The van der Waals surface area contributed by atoms with Gasteiger partial charge in [0.2, 0.25) is 0 Å². The molecule has 0 atom stereocenters. The number of aromatic nitrogens is 1.